The van der Waals surface area contributed by atoms with Crippen LogP contribution in [0.2, 0.25) is 0 Å². The second-order valence-corrected chi connectivity index (χ2v) is 3.20. The summed E-state index contributed by atoms with van der Waals surface area (Å²) >= 11 is 0. The smallest absolute Gasteiger partial charge is 0.275 e. The van der Waals surface area contributed by atoms with Crippen LogP contribution in [0.25, 0.3) is 0 Å². The minimum absolute atomic E-state index is 0.00694. The molecule has 0 aliphatic carbocycles. The van der Waals surface area contributed by atoms with Crippen molar-refractivity contribution in [2.75, 3.05) is 39.6 Å². The van der Waals surface area contributed by atoms with Crippen LogP contribution in [-0.4, -0.2) is 71.1 Å². The lowest BCUT2D eigenvalue weighted by atomic mass is 10.3. The van der Waals surface area contributed by atoms with Gasteiger partial charge in [0, 0.05) is 6.42 Å². The number of hydrogen-bond donors (Lipinski definition) is 5. The third-order valence-corrected chi connectivity index (χ3v) is 1.43. The van der Waals surface area contributed by atoms with E-state index in [9.17, 15) is 0 Å². The molecule has 0 aromatic heterocycles. The van der Waals surface area contributed by atoms with Crippen LogP contribution in [0.4, 0.5) is 0 Å². The molecule has 0 aromatic rings. The average Bonchev–Trinajstić information content (AvgIpc) is 2.22. The summed E-state index contributed by atoms with van der Waals surface area (Å²) in [5.74, 6) is -2.45. The molecule has 7 heteroatoms. The van der Waals surface area contributed by atoms with Crippen molar-refractivity contribution in [2.45, 2.75) is 25.7 Å². The summed E-state index contributed by atoms with van der Waals surface area (Å²) in [5, 5.41) is 40.9. The Morgan fingerprint density at radius 2 is 1.24 bits per heavy atom. The molecule has 0 radical (unpaired) electrons. The normalized spacial score (nSPS) is 10.9. The molecule has 0 aromatic carbocycles. The summed E-state index contributed by atoms with van der Waals surface area (Å²) in [7, 11) is 0. The molecule has 0 bridgehead atoms. The van der Waals surface area contributed by atoms with Gasteiger partial charge in [-0.05, 0) is 6.42 Å². The highest BCUT2D eigenvalue weighted by atomic mass is 16.7. The van der Waals surface area contributed by atoms with Crippen molar-refractivity contribution >= 4 is 0 Å². The zero-order chi connectivity index (χ0) is 13.6. The molecule has 0 unspecified atom stereocenters. The maximum absolute atomic E-state index is 8.26. The van der Waals surface area contributed by atoms with E-state index in [0.29, 0.717) is 32.8 Å². The van der Waals surface area contributed by atoms with Gasteiger partial charge in [0.05, 0.1) is 39.6 Å². The van der Waals surface area contributed by atoms with Crippen molar-refractivity contribution in [3.63, 3.8) is 0 Å². The van der Waals surface area contributed by atoms with Gasteiger partial charge in [-0.1, -0.05) is 6.92 Å². The van der Waals surface area contributed by atoms with Gasteiger partial charge >= 0.3 is 0 Å². The van der Waals surface area contributed by atoms with Crippen molar-refractivity contribution in [3.05, 3.63) is 0 Å². The molecule has 0 heterocycles. The van der Waals surface area contributed by atoms with Crippen molar-refractivity contribution in [3.8, 4) is 0 Å². The Hall–Kier alpha value is -0.280. The lowest BCUT2D eigenvalue weighted by molar-refractivity contribution is -0.314. The number of aliphatic hydroxyl groups excluding tert-OH is 2. The monoisotopic (exact) mass is 256 g/mol. The molecule has 0 saturated heterocycles. The minimum Gasteiger partial charge on any atom is -0.394 e. The van der Waals surface area contributed by atoms with Crippen LogP contribution < -0.4 is 0 Å². The first-order valence-electron chi connectivity index (χ1n) is 5.52. The highest BCUT2D eigenvalue weighted by molar-refractivity contribution is 4.41. The Labute approximate surface area is 101 Å². The molecule has 17 heavy (non-hydrogen) atoms. The molecule has 0 rings (SSSR count). The van der Waals surface area contributed by atoms with E-state index in [2.05, 4.69) is 0 Å². The third-order valence-electron chi connectivity index (χ3n) is 1.43. The highest BCUT2D eigenvalue weighted by Gasteiger charge is 2.14. The van der Waals surface area contributed by atoms with Gasteiger partial charge in [-0.2, -0.15) is 0 Å². The average molecular weight is 256 g/mol. The van der Waals surface area contributed by atoms with Crippen LogP contribution >= 0.6 is 0 Å². The Morgan fingerprint density at radius 3 is 1.41 bits per heavy atom. The van der Waals surface area contributed by atoms with E-state index >= 15 is 0 Å². The van der Waals surface area contributed by atoms with Crippen molar-refractivity contribution in [2.24, 2.45) is 0 Å². The lowest BCUT2D eigenvalue weighted by Gasteiger charge is -2.10. The van der Waals surface area contributed by atoms with Crippen LogP contribution in [0, 0.1) is 0 Å². The summed E-state index contributed by atoms with van der Waals surface area (Å²) in [5.41, 5.74) is 0. The van der Waals surface area contributed by atoms with Gasteiger partial charge in [0.15, 0.2) is 0 Å². The molecular weight excluding hydrogens is 232 g/mol. The van der Waals surface area contributed by atoms with Gasteiger partial charge in [0.1, 0.15) is 0 Å². The molecule has 7 nitrogen and oxygen atoms in total. The first kappa shape index (κ1) is 19.1. The van der Waals surface area contributed by atoms with Crippen molar-refractivity contribution in [1.82, 2.24) is 0 Å². The molecule has 106 valence electrons. The molecule has 0 saturated carbocycles. The Morgan fingerprint density at radius 1 is 0.824 bits per heavy atom. The minimum atomic E-state index is -2.45. The van der Waals surface area contributed by atoms with E-state index < -0.39 is 5.97 Å². The molecule has 0 aliphatic heterocycles. The van der Waals surface area contributed by atoms with Gasteiger partial charge in [-0.3, -0.25) is 0 Å². The topological polar surface area (TPSA) is 120 Å². The van der Waals surface area contributed by atoms with E-state index in [0.717, 1.165) is 0 Å². The number of rotatable bonds is 9. The maximum Gasteiger partial charge on any atom is 0.275 e. The van der Waals surface area contributed by atoms with Gasteiger partial charge in [0.2, 0.25) is 0 Å². The molecule has 0 fully saturated rings. The van der Waals surface area contributed by atoms with E-state index in [1.807, 2.05) is 0 Å². The van der Waals surface area contributed by atoms with Crippen LogP contribution in [0.15, 0.2) is 0 Å². The van der Waals surface area contributed by atoms with E-state index in [1.54, 1.807) is 6.92 Å². The summed E-state index contributed by atoms with van der Waals surface area (Å²) < 4.78 is 9.75. The summed E-state index contributed by atoms with van der Waals surface area (Å²) in [6.07, 6.45) is 0.566. The zero-order valence-corrected chi connectivity index (χ0v) is 10.2. The van der Waals surface area contributed by atoms with Crippen LogP contribution in [0.3, 0.4) is 0 Å². The standard InChI is InChI=1S/C6H14O4.C4H10O3/c7-1-3-9-5-6-10-4-2-8;1-2-3-4(5,6)7/h7-8H,1-6H2;5-7H,2-3H2,1H3. The van der Waals surface area contributed by atoms with Crippen LogP contribution in [0.5, 0.6) is 0 Å². The second-order valence-electron chi connectivity index (χ2n) is 3.20. The first-order valence-corrected chi connectivity index (χ1v) is 5.52. The van der Waals surface area contributed by atoms with Crippen molar-refractivity contribution < 1.29 is 35.0 Å². The molecule has 0 spiro atoms. The van der Waals surface area contributed by atoms with E-state index in [4.69, 9.17) is 35.0 Å². The third kappa shape index (κ3) is 25.7. The fraction of sp³-hybridized carbons (Fsp3) is 1.00. The Bertz CT molecular complexity index is 127. The van der Waals surface area contributed by atoms with Crippen molar-refractivity contribution in [1.29, 1.82) is 0 Å². The molecule has 0 atom stereocenters. The Balaban J connectivity index is 0. The van der Waals surface area contributed by atoms with Gasteiger partial charge < -0.3 is 35.0 Å². The molecule has 0 aliphatic rings. The number of aliphatic hydroxyl groups is 5. The SMILES string of the molecule is CCCC(O)(O)O.OCCOCCOCCO. The molecule has 5 N–H and O–H groups in total. The van der Waals surface area contributed by atoms with E-state index in [-0.39, 0.29) is 19.6 Å². The second kappa shape index (κ2) is 13.8. The molecule has 0 amide bonds. The van der Waals surface area contributed by atoms with Crippen LogP contribution in [0.1, 0.15) is 19.8 Å². The summed E-state index contributed by atoms with van der Waals surface area (Å²) in [4.78, 5) is 0. The van der Waals surface area contributed by atoms with E-state index in [1.165, 1.54) is 0 Å². The Kier molecular flexibility index (Phi) is 15.5. The number of hydrogen-bond acceptors (Lipinski definition) is 7. The maximum atomic E-state index is 8.26. The summed E-state index contributed by atoms with van der Waals surface area (Å²) in [6, 6.07) is 0. The largest absolute Gasteiger partial charge is 0.394 e. The summed E-state index contributed by atoms with van der Waals surface area (Å²) in [6.45, 7) is 3.48. The van der Waals surface area contributed by atoms with Gasteiger partial charge in [-0.15, -0.1) is 0 Å². The van der Waals surface area contributed by atoms with Gasteiger partial charge in [-0.25, -0.2) is 0 Å². The zero-order valence-electron chi connectivity index (χ0n) is 10.2. The molecular formula is C10H24O7. The predicted octanol–water partition coefficient (Wildman–Crippen LogP) is -1.58. The number of ether oxygens (including phenoxy) is 2. The van der Waals surface area contributed by atoms with Crippen LogP contribution in [-0.2, 0) is 9.47 Å². The quantitative estimate of drug-likeness (QED) is 0.249. The van der Waals surface area contributed by atoms with Gasteiger partial charge in [0.25, 0.3) is 5.97 Å². The highest BCUT2D eigenvalue weighted by Crippen LogP contribution is 2.01. The first-order chi connectivity index (χ1) is 7.97. The fourth-order valence-corrected chi connectivity index (χ4v) is 0.786. The fourth-order valence-electron chi connectivity index (χ4n) is 0.786. The lowest BCUT2D eigenvalue weighted by Crippen LogP contribution is -2.26. The predicted molar refractivity (Wildman–Crippen MR) is 60.1 cm³/mol.